The predicted molar refractivity (Wildman–Crippen MR) is 78.2 cm³/mol. The predicted octanol–water partition coefficient (Wildman–Crippen LogP) is 4.09. The molecular formula is C18H18O2. The Balaban J connectivity index is 1.89. The van der Waals surface area contributed by atoms with Crippen molar-refractivity contribution in [2.24, 2.45) is 5.92 Å². The van der Waals surface area contributed by atoms with Crippen molar-refractivity contribution in [3.8, 4) is 0 Å². The molecule has 20 heavy (non-hydrogen) atoms. The van der Waals surface area contributed by atoms with Gasteiger partial charge < -0.3 is 4.74 Å². The fraction of sp³-hybridized carbons (Fsp3) is 0.278. The fourth-order valence-electron chi connectivity index (χ4n) is 2.75. The van der Waals surface area contributed by atoms with Crippen molar-refractivity contribution in [2.45, 2.75) is 25.6 Å². The number of ketones is 1. The van der Waals surface area contributed by atoms with Gasteiger partial charge in [0.05, 0.1) is 12.2 Å². The highest BCUT2D eigenvalue weighted by molar-refractivity contribution is 5.82. The van der Waals surface area contributed by atoms with Gasteiger partial charge in [-0.1, -0.05) is 67.6 Å². The lowest BCUT2D eigenvalue weighted by molar-refractivity contribution is -0.146. The van der Waals surface area contributed by atoms with E-state index in [1.807, 2.05) is 67.6 Å². The van der Waals surface area contributed by atoms with Gasteiger partial charge in [-0.3, -0.25) is 4.79 Å². The second-order valence-electron chi connectivity index (χ2n) is 5.33. The molecule has 1 aliphatic rings. The Kier molecular flexibility index (Phi) is 3.66. The molecule has 3 rings (SSSR count). The van der Waals surface area contributed by atoms with Gasteiger partial charge in [0, 0.05) is 12.3 Å². The normalized spacial score (nSPS) is 26.4. The Labute approximate surface area is 119 Å². The van der Waals surface area contributed by atoms with Gasteiger partial charge in [-0.2, -0.15) is 0 Å². The first kappa shape index (κ1) is 13.1. The van der Waals surface area contributed by atoms with Gasteiger partial charge in [-0.25, -0.2) is 0 Å². The second-order valence-corrected chi connectivity index (χ2v) is 5.33. The lowest BCUT2D eigenvalue weighted by Gasteiger charge is -2.34. The molecule has 1 aliphatic heterocycles. The number of carbonyl (C=O) groups is 1. The van der Waals surface area contributed by atoms with Crippen molar-refractivity contribution in [1.82, 2.24) is 0 Å². The first-order chi connectivity index (χ1) is 9.75. The monoisotopic (exact) mass is 266 g/mol. The quantitative estimate of drug-likeness (QED) is 0.818. The maximum atomic E-state index is 12.3. The maximum absolute atomic E-state index is 12.3. The van der Waals surface area contributed by atoms with Gasteiger partial charge >= 0.3 is 0 Å². The minimum Gasteiger partial charge on any atom is -0.364 e. The van der Waals surface area contributed by atoms with Gasteiger partial charge in [0.1, 0.15) is 5.78 Å². The smallest absolute Gasteiger partial charge is 0.141 e. The molecule has 1 saturated heterocycles. The van der Waals surface area contributed by atoms with Crippen LogP contribution in [0.3, 0.4) is 0 Å². The number of carbonyl (C=O) groups excluding carboxylic acids is 1. The summed E-state index contributed by atoms with van der Waals surface area (Å²) < 4.78 is 6.22. The van der Waals surface area contributed by atoms with E-state index < -0.39 is 0 Å². The summed E-state index contributed by atoms with van der Waals surface area (Å²) in [5.41, 5.74) is 2.16. The van der Waals surface area contributed by atoms with Crippen LogP contribution in [0.2, 0.25) is 0 Å². The highest BCUT2D eigenvalue weighted by Crippen LogP contribution is 2.40. The third-order valence-corrected chi connectivity index (χ3v) is 3.96. The van der Waals surface area contributed by atoms with E-state index in [1.54, 1.807) is 0 Å². The van der Waals surface area contributed by atoms with E-state index in [-0.39, 0.29) is 23.9 Å². The van der Waals surface area contributed by atoms with Crippen molar-refractivity contribution < 1.29 is 9.53 Å². The van der Waals surface area contributed by atoms with E-state index >= 15 is 0 Å². The van der Waals surface area contributed by atoms with Crippen LogP contribution < -0.4 is 0 Å². The Morgan fingerprint density at radius 2 is 1.45 bits per heavy atom. The molecule has 2 aromatic carbocycles. The fourth-order valence-corrected chi connectivity index (χ4v) is 2.75. The van der Waals surface area contributed by atoms with Crippen LogP contribution in [-0.2, 0) is 9.53 Å². The van der Waals surface area contributed by atoms with Crippen LogP contribution in [0.4, 0.5) is 0 Å². The number of ether oxygens (including phenoxy) is 1. The van der Waals surface area contributed by atoms with Crippen LogP contribution in [0.15, 0.2) is 60.7 Å². The standard InChI is InChI=1S/C18H18O2/c1-13-16(19)12-17(14-8-4-2-5-9-14)20-18(13)15-10-6-3-7-11-15/h2-11,13,17-18H,12H2,1H3/t13-,17+,18-/m0/s1. The molecule has 0 aromatic heterocycles. The van der Waals surface area contributed by atoms with Crippen molar-refractivity contribution >= 4 is 5.78 Å². The molecule has 2 heteroatoms. The molecular weight excluding hydrogens is 248 g/mol. The lowest BCUT2D eigenvalue weighted by Crippen LogP contribution is -2.31. The largest absolute Gasteiger partial charge is 0.364 e. The topological polar surface area (TPSA) is 26.3 Å². The molecule has 0 saturated carbocycles. The number of hydrogen-bond donors (Lipinski definition) is 0. The Morgan fingerprint density at radius 1 is 0.900 bits per heavy atom. The molecule has 102 valence electrons. The van der Waals surface area contributed by atoms with E-state index in [1.165, 1.54) is 0 Å². The minimum absolute atomic E-state index is 0.0858. The van der Waals surface area contributed by atoms with E-state index in [0.717, 1.165) is 11.1 Å². The molecule has 0 amide bonds. The van der Waals surface area contributed by atoms with Crippen LogP contribution in [0.1, 0.15) is 36.7 Å². The van der Waals surface area contributed by atoms with Crippen LogP contribution >= 0.6 is 0 Å². The molecule has 1 fully saturated rings. The molecule has 3 atom stereocenters. The number of rotatable bonds is 2. The highest BCUT2D eigenvalue weighted by atomic mass is 16.5. The zero-order chi connectivity index (χ0) is 13.9. The Hall–Kier alpha value is -1.93. The third-order valence-electron chi connectivity index (χ3n) is 3.96. The molecule has 0 spiro atoms. The minimum atomic E-state index is -0.150. The van der Waals surface area contributed by atoms with Crippen LogP contribution in [0, 0.1) is 5.92 Å². The summed E-state index contributed by atoms with van der Waals surface area (Å²) in [7, 11) is 0. The summed E-state index contributed by atoms with van der Waals surface area (Å²) in [4.78, 5) is 12.3. The average molecular weight is 266 g/mol. The summed E-state index contributed by atoms with van der Waals surface area (Å²) in [6.07, 6.45) is 0.182. The van der Waals surface area contributed by atoms with Crippen LogP contribution in [0.5, 0.6) is 0 Å². The highest BCUT2D eigenvalue weighted by Gasteiger charge is 2.35. The average Bonchev–Trinajstić information content (AvgIpc) is 2.51. The molecule has 2 nitrogen and oxygen atoms in total. The van der Waals surface area contributed by atoms with Gasteiger partial charge in [-0.15, -0.1) is 0 Å². The van der Waals surface area contributed by atoms with Gasteiger partial charge in [0.15, 0.2) is 0 Å². The maximum Gasteiger partial charge on any atom is 0.141 e. The molecule has 0 bridgehead atoms. The molecule has 0 N–H and O–H groups in total. The molecule has 0 unspecified atom stereocenters. The summed E-state index contributed by atoms with van der Waals surface area (Å²) in [6, 6.07) is 20.0. The molecule has 2 aromatic rings. The van der Waals surface area contributed by atoms with Gasteiger partial charge in [0.2, 0.25) is 0 Å². The SMILES string of the molecule is C[C@H]1C(=O)C[C@H](c2ccccc2)O[C@@H]1c1ccccc1. The number of benzene rings is 2. The molecule has 0 aliphatic carbocycles. The second kappa shape index (κ2) is 5.59. The molecule has 0 radical (unpaired) electrons. The Morgan fingerprint density at radius 3 is 2.05 bits per heavy atom. The van der Waals surface area contributed by atoms with E-state index in [0.29, 0.717) is 6.42 Å². The summed E-state index contributed by atoms with van der Waals surface area (Å²) >= 11 is 0. The van der Waals surface area contributed by atoms with Gasteiger partial charge in [0.25, 0.3) is 0 Å². The summed E-state index contributed by atoms with van der Waals surface area (Å²) in [5.74, 6) is 0.191. The van der Waals surface area contributed by atoms with Crippen molar-refractivity contribution in [3.63, 3.8) is 0 Å². The summed E-state index contributed by atoms with van der Waals surface area (Å²) in [5, 5.41) is 0. The van der Waals surface area contributed by atoms with E-state index in [2.05, 4.69) is 0 Å². The van der Waals surface area contributed by atoms with Crippen LogP contribution in [-0.4, -0.2) is 5.78 Å². The van der Waals surface area contributed by atoms with Crippen molar-refractivity contribution in [1.29, 1.82) is 0 Å². The third kappa shape index (κ3) is 2.52. The first-order valence-electron chi connectivity index (χ1n) is 7.04. The zero-order valence-corrected chi connectivity index (χ0v) is 11.5. The number of hydrogen-bond acceptors (Lipinski definition) is 2. The first-order valence-corrected chi connectivity index (χ1v) is 7.04. The van der Waals surface area contributed by atoms with Crippen molar-refractivity contribution in [2.75, 3.05) is 0 Å². The Bertz CT molecular complexity index is 577. The van der Waals surface area contributed by atoms with E-state index in [4.69, 9.17) is 4.74 Å². The summed E-state index contributed by atoms with van der Waals surface area (Å²) in [6.45, 7) is 1.96. The van der Waals surface area contributed by atoms with Crippen LogP contribution in [0.25, 0.3) is 0 Å². The van der Waals surface area contributed by atoms with Crippen molar-refractivity contribution in [3.05, 3.63) is 71.8 Å². The van der Waals surface area contributed by atoms with Gasteiger partial charge in [-0.05, 0) is 11.1 Å². The van der Waals surface area contributed by atoms with E-state index in [9.17, 15) is 4.79 Å². The number of Topliss-reactive ketones (excluding diaryl/α,β-unsaturated/α-hetero) is 1. The molecule has 1 heterocycles. The lowest BCUT2D eigenvalue weighted by atomic mass is 9.86. The zero-order valence-electron chi connectivity index (χ0n) is 11.5.